The van der Waals surface area contributed by atoms with Crippen LogP contribution in [-0.4, -0.2) is 36.2 Å². The number of hydrogen-bond acceptors (Lipinski definition) is 4. The SMILES string of the molecule is N#CC(SCCCC(F)(F)F)C1CCC2(CC1)OCCO2. The van der Waals surface area contributed by atoms with Crippen LogP contribution in [0, 0.1) is 17.2 Å². The molecule has 1 saturated heterocycles. The second-order valence-electron chi connectivity index (χ2n) is 5.58. The van der Waals surface area contributed by atoms with Crippen LogP contribution >= 0.6 is 11.8 Å². The number of thioether (sulfide) groups is 1. The molecule has 1 atom stereocenters. The monoisotopic (exact) mass is 323 g/mol. The van der Waals surface area contributed by atoms with Gasteiger partial charge in [-0.15, -0.1) is 11.8 Å². The van der Waals surface area contributed by atoms with E-state index in [4.69, 9.17) is 9.47 Å². The summed E-state index contributed by atoms with van der Waals surface area (Å²) in [6.07, 6.45) is -1.56. The Labute approximate surface area is 127 Å². The predicted molar refractivity (Wildman–Crippen MR) is 73.7 cm³/mol. The third-order valence-electron chi connectivity index (χ3n) is 4.06. The Hall–Kier alpha value is -0.450. The molecule has 0 aromatic carbocycles. The van der Waals surface area contributed by atoms with Gasteiger partial charge in [0.1, 0.15) is 0 Å². The fourth-order valence-corrected chi connectivity index (χ4v) is 4.11. The van der Waals surface area contributed by atoms with Gasteiger partial charge in [0, 0.05) is 19.3 Å². The molecule has 1 saturated carbocycles. The fourth-order valence-electron chi connectivity index (χ4n) is 2.93. The van der Waals surface area contributed by atoms with Crippen molar-refractivity contribution in [3.05, 3.63) is 0 Å². The van der Waals surface area contributed by atoms with Crippen LogP contribution in [0.1, 0.15) is 38.5 Å². The Kier molecular flexibility index (Phi) is 5.81. The molecule has 1 unspecified atom stereocenters. The summed E-state index contributed by atoms with van der Waals surface area (Å²) in [6.45, 7) is 1.25. The molecule has 1 spiro atoms. The van der Waals surface area contributed by atoms with Crippen LogP contribution in [0.5, 0.6) is 0 Å². The highest BCUT2D eigenvalue weighted by Gasteiger charge is 2.42. The zero-order chi connectivity index (χ0) is 15.3. The number of nitrogens with zero attached hydrogens (tertiary/aromatic N) is 1. The topological polar surface area (TPSA) is 42.2 Å². The summed E-state index contributed by atoms with van der Waals surface area (Å²) in [7, 11) is 0. The van der Waals surface area contributed by atoms with Gasteiger partial charge in [0.15, 0.2) is 5.79 Å². The Morgan fingerprint density at radius 3 is 2.38 bits per heavy atom. The average Bonchev–Trinajstić information content (AvgIpc) is 2.88. The molecule has 3 nitrogen and oxygen atoms in total. The van der Waals surface area contributed by atoms with Gasteiger partial charge in [-0.3, -0.25) is 0 Å². The Morgan fingerprint density at radius 2 is 1.86 bits per heavy atom. The van der Waals surface area contributed by atoms with Crippen molar-refractivity contribution in [3.63, 3.8) is 0 Å². The minimum absolute atomic E-state index is 0.0786. The molecule has 0 radical (unpaired) electrons. The lowest BCUT2D eigenvalue weighted by atomic mass is 9.83. The molecule has 2 aliphatic rings. The van der Waals surface area contributed by atoms with Gasteiger partial charge in [-0.05, 0) is 30.9 Å². The molecule has 0 amide bonds. The van der Waals surface area contributed by atoms with Crippen molar-refractivity contribution in [2.75, 3.05) is 19.0 Å². The van der Waals surface area contributed by atoms with Gasteiger partial charge in [-0.2, -0.15) is 18.4 Å². The minimum Gasteiger partial charge on any atom is -0.348 e. The molecule has 0 aromatic rings. The number of nitriles is 1. The molecule has 7 heteroatoms. The van der Waals surface area contributed by atoms with Crippen molar-refractivity contribution in [3.8, 4) is 6.07 Å². The molecule has 0 aromatic heterocycles. The van der Waals surface area contributed by atoms with E-state index < -0.39 is 18.4 Å². The number of rotatable bonds is 5. The van der Waals surface area contributed by atoms with Gasteiger partial charge in [0.05, 0.1) is 24.5 Å². The number of ether oxygens (including phenoxy) is 2. The van der Waals surface area contributed by atoms with Crippen LogP contribution < -0.4 is 0 Å². The first-order valence-electron chi connectivity index (χ1n) is 7.30. The molecular weight excluding hydrogens is 303 g/mol. The van der Waals surface area contributed by atoms with E-state index in [2.05, 4.69) is 6.07 Å². The Balaban J connectivity index is 1.71. The van der Waals surface area contributed by atoms with E-state index in [-0.39, 0.29) is 17.6 Å². The van der Waals surface area contributed by atoms with Crippen LogP contribution in [0.25, 0.3) is 0 Å². The summed E-state index contributed by atoms with van der Waals surface area (Å²) in [6, 6.07) is 2.25. The van der Waals surface area contributed by atoms with Crippen LogP contribution in [0.2, 0.25) is 0 Å². The maximum atomic E-state index is 12.1. The number of hydrogen-bond donors (Lipinski definition) is 0. The van der Waals surface area contributed by atoms with Crippen molar-refractivity contribution in [2.24, 2.45) is 5.92 Å². The molecule has 1 aliphatic heterocycles. The van der Waals surface area contributed by atoms with Crippen LogP contribution in [0.4, 0.5) is 13.2 Å². The summed E-state index contributed by atoms with van der Waals surface area (Å²) < 4.78 is 47.5. The molecule has 21 heavy (non-hydrogen) atoms. The molecule has 2 fully saturated rings. The van der Waals surface area contributed by atoms with E-state index in [0.29, 0.717) is 19.0 Å². The zero-order valence-corrected chi connectivity index (χ0v) is 12.6. The summed E-state index contributed by atoms with van der Waals surface area (Å²) in [5.41, 5.74) is 0. The van der Waals surface area contributed by atoms with Crippen molar-refractivity contribution < 1.29 is 22.6 Å². The van der Waals surface area contributed by atoms with Crippen molar-refractivity contribution in [2.45, 2.75) is 55.7 Å². The highest BCUT2D eigenvalue weighted by molar-refractivity contribution is 8.00. The quantitative estimate of drug-likeness (QED) is 0.720. The summed E-state index contributed by atoms with van der Waals surface area (Å²) in [4.78, 5) is 0. The first-order chi connectivity index (χ1) is 9.94. The van der Waals surface area contributed by atoms with Crippen LogP contribution in [0.15, 0.2) is 0 Å². The first-order valence-corrected chi connectivity index (χ1v) is 8.35. The normalized spacial score (nSPS) is 24.1. The molecule has 1 heterocycles. The van der Waals surface area contributed by atoms with E-state index in [1.54, 1.807) is 0 Å². The predicted octanol–water partition coefficient (Wildman–Crippen LogP) is 3.89. The summed E-state index contributed by atoms with van der Waals surface area (Å²) in [5, 5.41) is 9.01. The third kappa shape index (κ3) is 5.04. The Morgan fingerprint density at radius 1 is 1.24 bits per heavy atom. The molecule has 1 aliphatic carbocycles. The molecule has 0 bridgehead atoms. The van der Waals surface area contributed by atoms with Crippen molar-refractivity contribution >= 4 is 11.8 Å². The highest BCUT2D eigenvalue weighted by Crippen LogP contribution is 2.41. The molecule has 120 valence electrons. The smallest absolute Gasteiger partial charge is 0.348 e. The molecular formula is C14H20F3NO2S. The van der Waals surface area contributed by atoms with Crippen molar-refractivity contribution in [1.29, 1.82) is 5.26 Å². The van der Waals surface area contributed by atoms with Gasteiger partial charge in [0.25, 0.3) is 0 Å². The standard InChI is InChI=1S/C14H20F3NO2S/c15-14(16,17)4-1-9-21-12(10-18)11-2-5-13(6-3-11)19-7-8-20-13/h11-12H,1-9H2. The maximum absolute atomic E-state index is 12.1. The third-order valence-corrected chi connectivity index (χ3v) is 5.44. The van der Waals surface area contributed by atoms with Crippen LogP contribution in [-0.2, 0) is 9.47 Å². The highest BCUT2D eigenvalue weighted by atomic mass is 32.2. The second-order valence-corrected chi connectivity index (χ2v) is 6.83. The Bertz CT molecular complexity index is 367. The van der Waals surface area contributed by atoms with Crippen LogP contribution in [0.3, 0.4) is 0 Å². The van der Waals surface area contributed by atoms with E-state index in [1.807, 2.05) is 0 Å². The van der Waals surface area contributed by atoms with E-state index in [1.165, 1.54) is 11.8 Å². The fraction of sp³-hybridized carbons (Fsp3) is 0.929. The van der Waals surface area contributed by atoms with E-state index >= 15 is 0 Å². The minimum atomic E-state index is -4.10. The average molecular weight is 323 g/mol. The lowest BCUT2D eigenvalue weighted by molar-refractivity contribution is -0.182. The summed E-state index contributed by atoms with van der Waals surface area (Å²) >= 11 is 1.36. The largest absolute Gasteiger partial charge is 0.389 e. The number of alkyl halides is 3. The first kappa shape index (κ1) is 16.9. The zero-order valence-electron chi connectivity index (χ0n) is 11.8. The van der Waals surface area contributed by atoms with Gasteiger partial charge in [-0.1, -0.05) is 0 Å². The second kappa shape index (κ2) is 7.21. The van der Waals surface area contributed by atoms with E-state index in [0.717, 1.165) is 25.7 Å². The van der Waals surface area contributed by atoms with Gasteiger partial charge in [-0.25, -0.2) is 0 Å². The molecule has 0 N–H and O–H groups in total. The number of halogens is 3. The van der Waals surface area contributed by atoms with Gasteiger partial charge < -0.3 is 9.47 Å². The lowest BCUT2D eigenvalue weighted by Crippen LogP contribution is -2.37. The van der Waals surface area contributed by atoms with Gasteiger partial charge in [0.2, 0.25) is 0 Å². The summed E-state index contributed by atoms with van der Waals surface area (Å²) in [5.74, 6) is 0.161. The van der Waals surface area contributed by atoms with Gasteiger partial charge >= 0.3 is 6.18 Å². The van der Waals surface area contributed by atoms with Crippen molar-refractivity contribution in [1.82, 2.24) is 0 Å². The lowest BCUT2D eigenvalue weighted by Gasteiger charge is -2.36. The maximum Gasteiger partial charge on any atom is 0.389 e. The molecule has 2 rings (SSSR count). The van der Waals surface area contributed by atoms with E-state index in [9.17, 15) is 18.4 Å².